The van der Waals surface area contributed by atoms with Crippen LogP contribution >= 0.6 is 0 Å². The Morgan fingerprint density at radius 3 is 2.23 bits per heavy atom. The van der Waals surface area contributed by atoms with Crippen LogP contribution in [0, 0.1) is 0 Å². The zero-order valence-corrected chi connectivity index (χ0v) is 18.1. The number of hydrogen-bond donors (Lipinski definition) is 2. The van der Waals surface area contributed by atoms with Gasteiger partial charge in [-0.05, 0) is 48.7 Å². The standard InChI is InChI=1S/C26H32N4/c1-3-5-16-27-23-13-10-21(11-14-23)9-12-22-8-7-18-30-26(22)25-20-24(15-19-29-25)28-17-6-4-2/h7-15,18-20,27H,3-6,16-17H2,1-2H3,(H,28,29). The first kappa shape index (κ1) is 21.6. The van der Waals surface area contributed by atoms with Crippen LogP contribution in [0.25, 0.3) is 23.5 Å². The molecule has 0 fully saturated rings. The van der Waals surface area contributed by atoms with E-state index in [4.69, 9.17) is 0 Å². The molecular formula is C26H32N4. The highest BCUT2D eigenvalue weighted by atomic mass is 14.9. The summed E-state index contributed by atoms with van der Waals surface area (Å²) in [5.74, 6) is 0. The van der Waals surface area contributed by atoms with E-state index < -0.39 is 0 Å². The second-order valence-electron chi connectivity index (χ2n) is 7.39. The van der Waals surface area contributed by atoms with Gasteiger partial charge in [0, 0.05) is 42.4 Å². The van der Waals surface area contributed by atoms with Gasteiger partial charge in [-0.25, -0.2) is 0 Å². The number of nitrogens with zero attached hydrogens (tertiary/aromatic N) is 2. The molecule has 0 bridgehead atoms. The Morgan fingerprint density at radius 2 is 1.50 bits per heavy atom. The van der Waals surface area contributed by atoms with E-state index >= 15 is 0 Å². The summed E-state index contributed by atoms with van der Waals surface area (Å²) in [4.78, 5) is 9.16. The van der Waals surface area contributed by atoms with Gasteiger partial charge in [0.15, 0.2) is 0 Å². The molecule has 2 aromatic heterocycles. The van der Waals surface area contributed by atoms with Crippen molar-refractivity contribution in [3.63, 3.8) is 0 Å². The SMILES string of the molecule is CCCCNc1ccc(C=Cc2cccnc2-c2cc(NCCCC)ccn2)cc1. The van der Waals surface area contributed by atoms with E-state index in [-0.39, 0.29) is 0 Å². The first-order valence-corrected chi connectivity index (χ1v) is 11.0. The Labute approximate surface area is 180 Å². The molecular weight excluding hydrogens is 368 g/mol. The lowest BCUT2D eigenvalue weighted by Gasteiger charge is -2.09. The molecule has 0 unspecified atom stereocenters. The van der Waals surface area contributed by atoms with Gasteiger partial charge in [-0.3, -0.25) is 9.97 Å². The molecule has 0 saturated carbocycles. The van der Waals surface area contributed by atoms with E-state index in [0.717, 1.165) is 47.7 Å². The fraction of sp³-hybridized carbons (Fsp3) is 0.308. The lowest BCUT2D eigenvalue weighted by molar-refractivity contribution is 0.834. The Morgan fingerprint density at radius 1 is 0.767 bits per heavy atom. The topological polar surface area (TPSA) is 49.8 Å². The van der Waals surface area contributed by atoms with Gasteiger partial charge in [-0.2, -0.15) is 0 Å². The monoisotopic (exact) mass is 400 g/mol. The van der Waals surface area contributed by atoms with Gasteiger partial charge >= 0.3 is 0 Å². The van der Waals surface area contributed by atoms with Gasteiger partial charge in [0.05, 0.1) is 11.4 Å². The molecule has 2 heterocycles. The molecule has 0 saturated heterocycles. The van der Waals surface area contributed by atoms with Crippen molar-refractivity contribution in [2.75, 3.05) is 23.7 Å². The molecule has 2 N–H and O–H groups in total. The molecule has 30 heavy (non-hydrogen) atoms. The number of unbranched alkanes of at least 4 members (excludes halogenated alkanes) is 2. The highest BCUT2D eigenvalue weighted by molar-refractivity contribution is 5.78. The summed E-state index contributed by atoms with van der Waals surface area (Å²) >= 11 is 0. The van der Waals surface area contributed by atoms with Crippen LogP contribution < -0.4 is 10.6 Å². The highest BCUT2D eigenvalue weighted by Gasteiger charge is 2.06. The smallest absolute Gasteiger partial charge is 0.0959 e. The first-order valence-electron chi connectivity index (χ1n) is 11.0. The number of rotatable bonds is 11. The summed E-state index contributed by atoms with van der Waals surface area (Å²) in [5, 5.41) is 6.92. The molecule has 156 valence electrons. The predicted octanol–water partition coefficient (Wildman–Crippen LogP) is 6.74. The minimum absolute atomic E-state index is 0.882. The van der Waals surface area contributed by atoms with Gasteiger partial charge in [0.1, 0.15) is 0 Å². The van der Waals surface area contributed by atoms with Gasteiger partial charge in [-0.15, -0.1) is 0 Å². The zero-order chi connectivity index (χ0) is 21.0. The molecule has 0 radical (unpaired) electrons. The van der Waals surface area contributed by atoms with Crippen LogP contribution in [0.3, 0.4) is 0 Å². The second-order valence-corrected chi connectivity index (χ2v) is 7.39. The average molecular weight is 401 g/mol. The van der Waals surface area contributed by atoms with Crippen molar-refractivity contribution in [2.24, 2.45) is 0 Å². The predicted molar refractivity (Wildman–Crippen MR) is 130 cm³/mol. The second kappa shape index (κ2) is 11.8. The van der Waals surface area contributed by atoms with E-state index in [1.807, 2.05) is 24.5 Å². The number of pyridine rings is 2. The molecule has 0 aliphatic carbocycles. The van der Waals surface area contributed by atoms with E-state index in [9.17, 15) is 0 Å². The third-order valence-electron chi connectivity index (χ3n) is 4.93. The van der Waals surface area contributed by atoms with Gasteiger partial charge < -0.3 is 10.6 Å². The summed E-state index contributed by atoms with van der Waals surface area (Å²) in [6.07, 6.45) is 12.6. The van der Waals surface area contributed by atoms with Crippen LogP contribution in [-0.4, -0.2) is 23.1 Å². The normalized spacial score (nSPS) is 11.0. The van der Waals surface area contributed by atoms with Crippen LogP contribution in [0.5, 0.6) is 0 Å². The molecule has 4 heteroatoms. The third-order valence-corrected chi connectivity index (χ3v) is 4.93. The molecule has 4 nitrogen and oxygen atoms in total. The lowest BCUT2D eigenvalue weighted by Crippen LogP contribution is -2.01. The lowest BCUT2D eigenvalue weighted by atomic mass is 10.1. The van der Waals surface area contributed by atoms with E-state index in [2.05, 4.69) is 83.0 Å². The minimum atomic E-state index is 0.882. The van der Waals surface area contributed by atoms with Crippen molar-refractivity contribution in [1.82, 2.24) is 9.97 Å². The van der Waals surface area contributed by atoms with Crippen molar-refractivity contribution < 1.29 is 0 Å². The van der Waals surface area contributed by atoms with Crippen LogP contribution in [0.1, 0.15) is 50.7 Å². The number of nitrogens with one attached hydrogen (secondary N) is 2. The number of aromatic nitrogens is 2. The molecule has 3 rings (SSSR count). The summed E-state index contributed by atoms with van der Waals surface area (Å²) in [5.41, 5.74) is 6.24. The van der Waals surface area contributed by atoms with Crippen molar-refractivity contribution in [3.8, 4) is 11.4 Å². The number of anilines is 2. The Bertz CT molecular complexity index is 932. The first-order chi connectivity index (χ1) is 14.8. The summed E-state index contributed by atoms with van der Waals surface area (Å²) in [6.45, 7) is 6.39. The maximum absolute atomic E-state index is 4.60. The van der Waals surface area contributed by atoms with Crippen LogP contribution in [0.15, 0.2) is 60.9 Å². The maximum atomic E-state index is 4.60. The Kier molecular flexibility index (Phi) is 8.46. The van der Waals surface area contributed by atoms with E-state index in [1.165, 1.54) is 24.9 Å². The minimum Gasteiger partial charge on any atom is -0.385 e. The van der Waals surface area contributed by atoms with E-state index in [0.29, 0.717) is 0 Å². The molecule has 3 aromatic rings. The maximum Gasteiger partial charge on any atom is 0.0959 e. The molecule has 0 aliphatic rings. The van der Waals surface area contributed by atoms with Crippen molar-refractivity contribution >= 4 is 23.5 Å². The van der Waals surface area contributed by atoms with Crippen molar-refractivity contribution in [2.45, 2.75) is 39.5 Å². The van der Waals surface area contributed by atoms with Crippen LogP contribution in [0.4, 0.5) is 11.4 Å². The average Bonchev–Trinajstić information content (AvgIpc) is 2.79. The summed E-state index contributed by atoms with van der Waals surface area (Å²) < 4.78 is 0. The van der Waals surface area contributed by atoms with Gasteiger partial charge in [-0.1, -0.05) is 57.0 Å². The van der Waals surface area contributed by atoms with Gasteiger partial charge in [0.25, 0.3) is 0 Å². The fourth-order valence-corrected chi connectivity index (χ4v) is 3.15. The van der Waals surface area contributed by atoms with Crippen LogP contribution in [0.2, 0.25) is 0 Å². The number of benzene rings is 1. The Hall–Kier alpha value is -3.14. The number of hydrogen-bond acceptors (Lipinski definition) is 4. The summed E-state index contributed by atoms with van der Waals surface area (Å²) in [6, 6.07) is 16.7. The third kappa shape index (κ3) is 6.45. The van der Waals surface area contributed by atoms with Crippen LogP contribution in [-0.2, 0) is 0 Å². The summed E-state index contributed by atoms with van der Waals surface area (Å²) in [7, 11) is 0. The van der Waals surface area contributed by atoms with E-state index in [1.54, 1.807) is 0 Å². The quantitative estimate of drug-likeness (QED) is 0.350. The molecule has 0 aliphatic heterocycles. The zero-order valence-electron chi connectivity index (χ0n) is 18.1. The largest absolute Gasteiger partial charge is 0.385 e. The molecule has 0 spiro atoms. The van der Waals surface area contributed by atoms with Crippen molar-refractivity contribution in [3.05, 3.63) is 72.1 Å². The highest BCUT2D eigenvalue weighted by Crippen LogP contribution is 2.24. The molecule has 1 aromatic carbocycles. The van der Waals surface area contributed by atoms with Crippen molar-refractivity contribution in [1.29, 1.82) is 0 Å². The Balaban J connectivity index is 1.73. The molecule has 0 atom stereocenters. The fourth-order valence-electron chi connectivity index (χ4n) is 3.15. The van der Waals surface area contributed by atoms with Gasteiger partial charge in [0.2, 0.25) is 0 Å². The molecule has 0 amide bonds.